The maximum absolute atomic E-state index is 13.0. The molecule has 23 heavy (non-hydrogen) atoms. The van der Waals surface area contributed by atoms with E-state index in [9.17, 15) is 14.9 Å². The molecule has 1 aliphatic carbocycles. The number of anilines is 1. The summed E-state index contributed by atoms with van der Waals surface area (Å²) in [6.45, 7) is 1.06. The molecular weight excluding hydrogens is 298 g/mol. The number of amides is 1. The van der Waals surface area contributed by atoms with Gasteiger partial charge >= 0.3 is 0 Å². The Morgan fingerprint density at radius 2 is 2.17 bits per heavy atom. The Morgan fingerprint density at radius 3 is 2.91 bits per heavy atom. The van der Waals surface area contributed by atoms with Crippen LogP contribution in [0.1, 0.15) is 36.0 Å². The van der Waals surface area contributed by atoms with E-state index in [1.165, 1.54) is 12.1 Å². The molecule has 0 aromatic heterocycles. The van der Waals surface area contributed by atoms with Gasteiger partial charge in [-0.3, -0.25) is 14.9 Å². The molecule has 7 nitrogen and oxygen atoms in total. The van der Waals surface area contributed by atoms with Crippen LogP contribution in [0.3, 0.4) is 0 Å². The first kappa shape index (κ1) is 15.7. The molecule has 1 aromatic rings. The number of hydrogen-bond acceptors (Lipinski definition) is 5. The predicted molar refractivity (Wildman–Crippen MR) is 85.7 cm³/mol. The monoisotopic (exact) mass is 319 g/mol. The molecule has 2 fully saturated rings. The zero-order valence-corrected chi connectivity index (χ0v) is 13.2. The molecule has 1 N–H and O–H groups in total. The van der Waals surface area contributed by atoms with Gasteiger partial charge in [0.25, 0.3) is 11.6 Å². The molecule has 0 spiro atoms. The highest BCUT2D eigenvalue weighted by Gasteiger charge is 2.37. The van der Waals surface area contributed by atoms with E-state index in [-0.39, 0.29) is 23.7 Å². The van der Waals surface area contributed by atoms with Gasteiger partial charge in [-0.05, 0) is 18.9 Å². The van der Waals surface area contributed by atoms with Crippen molar-refractivity contribution in [2.24, 2.45) is 0 Å². The summed E-state index contributed by atoms with van der Waals surface area (Å²) < 4.78 is 5.80. The molecule has 0 unspecified atom stereocenters. The molecule has 1 aromatic carbocycles. The number of ether oxygens (including phenoxy) is 1. The van der Waals surface area contributed by atoms with Crippen molar-refractivity contribution >= 4 is 17.3 Å². The lowest BCUT2D eigenvalue weighted by Crippen LogP contribution is -2.54. The van der Waals surface area contributed by atoms with Gasteiger partial charge in [-0.15, -0.1) is 0 Å². The van der Waals surface area contributed by atoms with Crippen molar-refractivity contribution in [1.82, 2.24) is 4.90 Å². The SMILES string of the molecule is CNc1ccc([N+](=O)[O-])cc1C(=O)N1CCO[C@H]2CCCC[C@H]21. The zero-order chi connectivity index (χ0) is 16.4. The molecule has 0 bridgehead atoms. The fourth-order valence-electron chi connectivity index (χ4n) is 3.54. The molecule has 3 rings (SSSR count). The standard InChI is InChI=1S/C16H21N3O4/c1-17-13-7-6-11(19(21)22)10-12(13)16(20)18-8-9-23-15-5-3-2-4-14(15)18/h6-7,10,14-15,17H,2-5,8-9H2,1H3/t14-,15+/m1/s1. The Morgan fingerprint density at radius 1 is 1.39 bits per heavy atom. The second kappa shape index (κ2) is 6.54. The number of nitrogens with zero attached hydrogens (tertiary/aromatic N) is 2. The minimum absolute atomic E-state index is 0.0687. The number of morpholine rings is 1. The van der Waals surface area contributed by atoms with E-state index in [0.29, 0.717) is 24.4 Å². The van der Waals surface area contributed by atoms with Crippen LogP contribution in [0.2, 0.25) is 0 Å². The molecular formula is C16H21N3O4. The number of carbonyl (C=O) groups is 1. The van der Waals surface area contributed by atoms with Crippen LogP contribution in [0.25, 0.3) is 0 Å². The van der Waals surface area contributed by atoms with Crippen LogP contribution in [0.5, 0.6) is 0 Å². The lowest BCUT2D eigenvalue weighted by Gasteiger charge is -2.43. The van der Waals surface area contributed by atoms with Crippen molar-refractivity contribution in [3.63, 3.8) is 0 Å². The van der Waals surface area contributed by atoms with Crippen molar-refractivity contribution < 1.29 is 14.5 Å². The molecule has 1 amide bonds. The van der Waals surface area contributed by atoms with E-state index < -0.39 is 4.92 Å². The lowest BCUT2D eigenvalue weighted by molar-refractivity contribution is -0.384. The number of rotatable bonds is 3. The molecule has 1 saturated heterocycles. The number of nitro groups is 1. The second-order valence-electron chi connectivity index (χ2n) is 6.00. The van der Waals surface area contributed by atoms with Gasteiger partial charge in [0.15, 0.2) is 0 Å². The van der Waals surface area contributed by atoms with Gasteiger partial charge in [0.1, 0.15) is 0 Å². The largest absolute Gasteiger partial charge is 0.387 e. The summed E-state index contributed by atoms with van der Waals surface area (Å²) in [6, 6.07) is 4.44. The van der Waals surface area contributed by atoms with Gasteiger partial charge in [-0.1, -0.05) is 12.8 Å². The number of benzene rings is 1. The zero-order valence-electron chi connectivity index (χ0n) is 13.2. The number of non-ortho nitro benzene ring substituents is 1. The van der Waals surface area contributed by atoms with Gasteiger partial charge in [0.05, 0.1) is 29.2 Å². The van der Waals surface area contributed by atoms with Crippen molar-refractivity contribution in [2.45, 2.75) is 37.8 Å². The summed E-state index contributed by atoms with van der Waals surface area (Å²) >= 11 is 0. The highest BCUT2D eigenvalue weighted by Crippen LogP contribution is 2.31. The van der Waals surface area contributed by atoms with Crippen molar-refractivity contribution in [3.8, 4) is 0 Å². The van der Waals surface area contributed by atoms with Crippen LogP contribution < -0.4 is 5.32 Å². The minimum Gasteiger partial charge on any atom is -0.387 e. The van der Waals surface area contributed by atoms with Crippen molar-refractivity contribution in [2.75, 3.05) is 25.5 Å². The highest BCUT2D eigenvalue weighted by atomic mass is 16.6. The Balaban J connectivity index is 1.92. The number of carbonyl (C=O) groups excluding carboxylic acids is 1. The summed E-state index contributed by atoms with van der Waals surface area (Å²) in [7, 11) is 1.71. The first-order chi connectivity index (χ1) is 11.1. The molecule has 7 heteroatoms. The Hall–Kier alpha value is -2.15. The Kier molecular flexibility index (Phi) is 4.47. The Labute approximate surface area is 134 Å². The topological polar surface area (TPSA) is 84.7 Å². The molecule has 2 atom stereocenters. The number of nitrogens with one attached hydrogen (secondary N) is 1. The Bertz CT molecular complexity index is 617. The maximum atomic E-state index is 13.0. The third kappa shape index (κ3) is 3.01. The predicted octanol–water partition coefficient (Wildman–Crippen LogP) is 2.42. The van der Waals surface area contributed by atoms with Gasteiger partial charge in [-0.25, -0.2) is 0 Å². The van der Waals surface area contributed by atoms with Crippen LogP contribution in [-0.2, 0) is 4.74 Å². The maximum Gasteiger partial charge on any atom is 0.270 e. The van der Waals surface area contributed by atoms with E-state index in [1.54, 1.807) is 13.1 Å². The second-order valence-corrected chi connectivity index (χ2v) is 6.00. The van der Waals surface area contributed by atoms with Gasteiger partial charge in [0, 0.05) is 31.4 Å². The summed E-state index contributed by atoms with van der Waals surface area (Å²) in [5, 5.41) is 14.0. The molecule has 1 heterocycles. The third-order valence-corrected chi connectivity index (χ3v) is 4.71. The van der Waals surface area contributed by atoms with Crippen LogP contribution in [0, 0.1) is 10.1 Å². The average Bonchev–Trinajstić information content (AvgIpc) is 2.60. The number of fused-ring (bicyclic) bond motifs is 1. The van der Waals surface area contributed by atoms with E-state index in [1.807, 2.05) is 4.90 Å². The number of hydrogen-bond donors (Lipinski definition) is 1. The minimum atomic E-state index is -0.473. The number of nitro benzene ring substituents is 1. The van der Waals surface area contributed by atoms with Crippen LogP contribution in [0.4, 0.5) is 11.4 Å². The van der Waals surface area contributed by atoms with Crippen LogP contribution >= 0.6 is 0 Å². The quantitative estimate of drug-likeness (QED) is 0.683. The molecule has 1 saturated carbocycles. The van der Waals surface area contributed by atoms with Gasteiger partial charge in [0.2, 0.25) is 0 Å². The van der Waals surface area contributed by atoms with E-state index in [4.69, 9.17) is 4.74 Å². The van der Waals surface area contributed by atoms with E-state index in [2.05, 4.69) is 5.32 Å². The van der Waals surface area contributed by atoms with E-state index >= 15 is 0 Å². The lowest BCUT2D eigenvalue weighted by atomic mass is 9.89. The van der Waals surface area contributed by atoms with Crippen molar-refractivity contribution in [1.29, 1.82) is 0 Å². The first-order valence-electron chi connectivity index (χ1n) is 8.00. The van der Waals surface area contributed by atoms with E-state index in [0.717, 1.165) is 25.7 Å². The van der Waals surface area contributed by atoms with Crippen LogP contribution in [0.15, 0.2) is 18.2 Å². The summed E-state index contributed by atoms with van der Waals surface area (Å²) in [5.74, 6) is -0.154. The first-order valence-corrected chi connectivity index (χ1v) is 8.00. The van der Waals surface area contributed by atoms with Crippen LogP contribution in [-0.4, -0.2) is 48.1 Å². The normalized spacial score (nSPS) is 24.0. The van der Waals surface area contributed by atoms with Crippen molar-refractivity contribution in [3.05, 3.63) is 33.9 Å². The molecule has 1 aliphatic heterocycles. The summed E-state index contributed by atoms with van der Waals surface area (Å²) in [4.78, 5) is 25.4. The van der Waals surface area contributed by atoms with Gasteiger partial charge in [-0.2, -0.15) is 0 Å². The molecule has 124 valence electrons. The average molecular weight is 319 g/mol. The summed E-state index contributed by atoms with van der Waals surface area (Å²) in [5.41, 5.74) is 0.896. The molecule has 2 aliphatic rings. The van der Waals surface area contributed by atoms with Gasteiger partial charge < -0.3 is 15.0 Å². The smallest absolute Gasteiger partial charge is 0.270 e. The fourth-order valence-corrected chi connectivity index (χ4v) is 3.54. The highest BCUT2D eigenvalue weighted by molar-refractivity contribution is 6.00. The summed E-state index contributed by atoms with van der Waals surface area (Å²) in [6.07, 6.45) is 4.21. The third-order valence-electron chi connectivity index (χ3n) is 4.71. The fraction of sp³-hybridized carbons (Fsp3) is 0.562. The molecule has 0 radical (unpaired) electrons.